The summed E-state index contributed by atoms with van der Waals surface area (Å²) in [7, 11) is 0. The molecule has 0 nitrogen and oxygen atoms in total. The third-order valence-corrected chi connectivity index (χ3v) is 1.37. The summed E-state index contributed by atoms with van der Waals surface area (Å²) in [6.45, 7) is 10.9. The number of hydrogen-bond donors (Lipinski definition) is 0. The summed E-state index contributed by atoms with van der Waals surface area (Å²) in [5.41, 5.74) is 2.04. The maximum Gasteiger partial charge on any atom is 0.0428 e. The minimum absolute atomic E-state index is 0.583. The van der Waals surface area contributed by atoms with Gasteiger partial charge < -0.3 is 0 Å². The van der Waals surface area contributed by atoms with Gasteiger partial charge in [0.25, 0.3) is 0 Å². The van der Waals surface area contributed by atoms with Crippen molar-refractivity contribution in [1.82, 2.24) is 0 Å². The number of alkyl halides is 2. The number of halogens is 2. The third kappa shape index (κ3) is 24.4. The molecular weight excluding hydrogens is 167 g/mol. The average Bonchev–Trinajstić information content (AvgIpc) is 1.89. The second-order valence-electron chi connectivity index (χ2n) is 2.18. The monoisotopic (exact) mass is 180 g/mol. The highest BCUT2D eigenvalue weighted by atomic mass is 35.5. The molecule has 10 heavy (non-hydrogen) atoms. The minimum atomic E-state index is 0.583. The summed E-state index contributed by atoms with van der Waals surface area (Å²) >= 11 is 10.5. The summed E-state index contributed by atoms with van der Waals surface area (Å²) in [5, 5.41) is 0. The van der Waals surface area contributed by atoms with E-state index in [1.54, 1.807) is 0 Å². The van der Waals surface area contributed by atoms with Gasteiger partial charge in [-0.3, -0.25) is 0 Å². The van der Waals surface area contributed by atoms with Crippen LogP contribution in [0.15, 0.2) is 24.3 Å². The van der Waals surface area contributed by atoms with Crippen LogP contribution in [0.2, 0.25) is 0 Å². The molecule has 0 saturated carbocycles. The van der Waals surface area contributed by atoms with Crippen molar-refractivity contribution in [3.05, 3.63) is 24.3 Å². The quantitative estimate of drug-likeness (QED) is 0.451. The lowest BCUT2D eigenvalue weighted by Gasteiger charge is -1.77. The Balaban J connectivity index is 0. The Hall–Kier alpha value is 0.0600. The van der Waals surface area contributed by atoms with Crippen LogP contribution in [0.5, 0.6) is 0 Å². The van der Waals surface area contributed by atoms with Gasteiger partial charge in [-0.1, -0.05) is 24.3 Å². The standard InChI is InChI=1S/2C4H7Cl/c2*1-4(2)3-5/h2*1,3H2,2H3. The molecule has 2 heteroatoms. The first-order valence-electron chi connectivity index (χ1n) is 2.95. The molecule has 0 aliphatic carbocycles. The normalized spacial score (nSPS) is 7.60. The van der Waals surface area contributed by atoms with E-state index in [1.807, 2.05) is 13.8 Å². The van der Waals surface area contributed by atoms with E-state index in [-0.39, 0.29) is 0 Å². The predicted octanol–water partition coefficient (Wildman–Crippen LogP) is 3.60. The van der Waals surface area contributed by atoms with Gasteiger partial charge >= 0.3 is 0 Å². The molecule has 0 heterocycles. The second-order valence-corrected chi connectivity index (χ2v) is 2.72. The van der Waals surface area contributed by atoms with Crippen molar-refractivity contribution in [2.45, 2.75) is 13.8 Å². The van der Waals surface area contributed by atoms with Crippen molar-refractivity contribution >= 4 is 23.2 Å². The van der Waals surface area contributed by atoms with Gasteiger partial charge in [0.05, 0.1) is 0 Å². The maximum atomic E-state index is 5.24. The van der Waals surface area contributed by atoms with Crippen LogP contribution in [-0.4, -0.2) is 11.8 Å². The van der Waals surface area contributed by atoms with Crippen molar-refractivity contribution in [2.75, 3.05) is 11.8 Å². The molecular formula is C8H14Cl2. The van der Waals surface area contributed by atoms with E-state index in [0.717, 1.165) is 11.1 Å². The first kappa shape index (κ1) is 12.7. The van der Waals surface area contributed by atoms with Crippen LogP contribution in [-0.2, 0) is 0 Å². The zero-order chi connectivity index (χ0) is 8.57. The molecule has 60 valence electrons. The van der Waals surface area contributed by atoms with E-state index in [4.69, 9.17) is 23.2 Å². The van der Waals surface area contributed by atoms with Crippen molar-refractivity contribution in [1.29, 1.82) is 0 Å². The molecule has 0 amide bonds. The Labute approximate surface area is 73.5 Å². The largest absolute Gasteiger partial charge is 0.122 e. The van der Waals surface area contributed by atoms with Gasteiger partial charge in [0.15, 0.2) is 0 Å². The molecule has 0 saturated heterocycles. The lowest BCUT2D eigenvalue weighted by Crippen LogP contribution is -1.65. The van der Waals surface area contributed by atoms with Crippen LogP contribution >= 0.6 is 23.2 Å². The van der Waals surface area contributed by atoms with Crippen LogP contribution in [0.1, 0.15) is 13.8 Å². The van der Waals surface area contributed by atoms with Crippen molar-refractivity contribution in [3.63, 3.8) is 0 Å². The van der Waals surface area contributed by atoms with Gasteiger partial charge in [-0.15, -0.1) is 23.2 Å². The van der Waals surface area contributed by atoms with E-state index >= 15 is 0 Å². The Morgan fingerprint density at radius 2 is 1.10 bits per heavy atom. The van der Waals surface area contributed by atoms with E-state index in [0.29, 0.717) is 11.8 Å². The smallest absolute Gasteiger partial charge is 0.0428 e. The molecule has 0 N–H and O–H groups in total. The molecule has 0 aliphatic rings. The Morgan fingerprint density at radius 1 is 1.00 bits per heavy atom. The second kappa shape index (κ2) is 9.06. The SMILES string of the molecule is C=C(C)CCl.C=C(C)CCl. The van der Waals surface area contributed by atoms with Crippen LogP contribution in [0.4, 0.5) is 0 Å². The first-order chi connectivity index (χ1) is 4.54. The molecule has 0 atom stereocenters. The average molecular weight is 181 g/mol. The highest BCUT2D eigenvalue weighted by Gasteiger charge is 1.70. The fraction of sp³-hybridized carbons (Fsp3) is 0.500. The van der Waals surface area contributed by atoms with E-state index in [2.05, 4.69) is 13.2 Å². The van der Waals surface area contributed by atoms with Crippen molar-refractivity contribution in [2.24, 2.45) is 0 Å². The Morgan fingerprint density at radius 3 is 1.10 bits per heavy atom. The highest BCUT2D eigenvalue weighted by Crippen LogP contribution is 1.87. The highest BCUT2D eigenvalue weighted by molar-refractivity contribution is 6.19. The Kier molecular flexibility index (Phi) is 11.5. The van der Waals surface area contributed by atoms with Crippen LogP contribution in [0.25, 0.3) is 0 Å². The molecule has 0 aromatic heterocycles. The molecule has 0 aliphatic heterocycles. The lowest BCUT2D eigenvalue weighted by molar-refractivity contribution is 1.43. The minimum Gasteiger partial charge on any atom is -0.122 e. The van der Waals surface area contributed by atoms with Gasteiger partial charge in [-0.2, -0.15) is 0 Å². The van der Waals surface area contributed by atoms with E-state index in [9.17, 15) is 0 Å². The lowest BCUT2D eigenvalue weighted by atomic mass is 10.4. The van der Waals surface area contributed by atoms with Gasteiger partial charge in [0.2, 0.25) is 0 Å². The summed E-state index contributed by atoms with van der Waals surface area (Å²) in [6, 6.07) is 0. The summed E-state index contributed by atoms with van der Waals surface area (Å²) in [4.78, 5) is 0. The molecule has 0 aromatic rings. The van der Waals surface area contributed by atoms with Crippen LogP contribution < -0.4 is 0 Å². The summed E-state index contributed by atoms with van der Waals surface area (Å²) in [6.07, 6.45) is 0. The van der Waals surface area contributed by atoms with Gasteiger partial charge in [0.1, 0.15) is 0 Å². The van der Waals surface area contributed by atoms with Gasteiger partial charge in [0, 0.05) is 11.8 Å². The fourth-order valence-corrected chi connectivity index (χ4v) is 0. The van der Waals surface area contributed by atoms with E-state index < -0.39 is 0 Å². The number of allylic oxidation sites excluding steroid dienone is 2. The Bertz CT molecular complexity index is 91.8. The predicted molar refractivity (Wildman–Crippen MR) is 51.1 cm³/mol. The zero-order valence-corrected chi connectivity index (χ0v) is 8.10. The maximum absolute atomic E-state index is 5.24. The number of hydrogen-bond acceptors (Lipinski definition) is 0. The van der Waals surface area contributed by atoms with Crippen LogP contribution in [0.3, 0.4) is 0 Å². The summed E-state index contributed by atoms with van der Waals surface area (Å²) in [5.74, 6) is 1.17. The molecule has 0 radical (unpaired) electrons. The van der Waals surface area contributed by atoms with Crippen molar-refractivity contribution < 1.29 is 0 Å². The van der Waals surface area contributed by atoms with Gasteiger partial charge in [-0.25, -0.2) is 0 Å². The van der Waals surface area contributed by atoms with Crippen molar-refractivity contribution in [3.8, 4) is 0 Å². The molecule has 0 spiro atoms. The first-order valence-corrected chi connectivity index (χ1v) is 4.02. The topological polar surface area (TPSA) is 0 Å². The fourth-order valence-electron chi connectivity index (χ4n) is 0. The molecule has 0 rings (SSSR count). The van der Waals surface area contributed by atoms with E-state index in [1.165, 1.54) is 0 Å². The van der Waals surface area contributed by atoms with Gasteiger partial charge in [-0.05, 0) is 13.8 Å². The molecule has 0 fully saturated rings. The zero-order valence-electron chi connectivity index (χ0n) is 6.58. The summed E-state index contributed by atoms with van der Waals surface area (Å²) < 4.78 is 0. The van der Waals surface area contributed by atoms with Crippen LogP contribution in [0, 0.1) is 0 Å². The molecule has 0 aromatic carbocycles. The molecule has 0 bridgehead atoms. The number of rotatable bonds is 2. The molecule has 0 unspecified atom stereocenters. The third-order valence-electron chi connectivity index (χ3n) is 0.456.